The maximum atomic E-state index is 13.4. The Balaban J connectivity index is 1.86. The van der Waals surface area contributed by atoms with E-state index in [9.17, 15) is 21.6 Å². The van der Waals surface area contributed by atoms with Gasteiger partial charge in [0.05, 0.1) is 21.5 Å². The second-order valence-electron chi connectivity index (χ2n) is 7.94. The third-order valence-electron chi connectivity index (χ3n) is 5.16. The molecule has 0 bridgehead atoms. The van der Waals surface area contributed by atoms with Crippen LogP contribution in [0.3, 0.4) is 0 Å². The van der Waals surface area contributed by atoms with Crippen molar-refractivity contribution in [3.05, 3.63) is 88.9 Å². The molecule has 10 heteroatoms. The first-order valence-electron chi connectivity index (χ1n) is 10.3. The van der Waals surface area contributed by atoms with Crippen LogP contribution in [0.1, 0.15) is 24.1 Å². The molecule has 0 spiro atoms. The summed E-state index contributed by atoms with van der Waals surface area (Å²) >= 11 is 5.91. The van der Waals surface area contributed by atoms with Gasteiger partial charge in [0.2, 0.25) is 5.91 Å². The van der Waals surface area contributed by atoms with Crippen molar-refractivity contribution in [3.63, 3.8) is 0 Å². The number of sulfonamides is 1. The molecule has 0 saturated carbocycles. The van der Waals surface area contributed by atoms with Crippen molar-refractivity contribution in [2.75, 3.05) is 17.1 Å². The third kappa shape index (κ3) is 6.16. The number of hydrogen-bond donors (Lipinski definition) is 1. The molecule has 0 saturated heterocycles. The largest absolute Gasteiger partial charge is 0.348 e. The van der Waals surface area contributed by atoms with Gasteiger partial charge in [-0.05, 0) is 73.5 Å². The maximum absolute atomic E-state index is 13.4. The third-order valence-corrected chi connectivity index (χ3v) is 8.33. The number of halogens is 1. The van der Waals surface area contributed by atoms with Crippen LogP contribution in [0.4, 0.5) is 5.69 Å². The molecule has 1 unspecified atom stereocenters. The van der Waals surface area contributed by atoms with Gasteiger partial charge in [0, 0.05) is 11.3 Å². The lowest BCUT2D eigenvalue weighted by Gasteiger charge is -2.25. The Labute approximate surface area is 205 Å². The van der Waals surface area contributed by atoms with E-state index in [1.54, 1.807) is 37.3 Å². The maximum Gasteiger partial charge on any atom is 0.264 e. The zero-order valence-electron chi connectivity index (χ0n) is 18.9. The average molecular weight is 521 g/mol. The van der Waals surface area contributed by atoms with Crippen LogP contribution >= 0.6 is 11.6 Å². The SMILES string of the molecule is Cc1cccc(N(CC(=O)NC(C)c2ccc(S(C)(=O)=O)cc2)S(=O)(=O)c2ccc(Cl)cc2)c1. The molecule has 3 rings (SSSR count). The minimum absolute atomic E-state index is 0.00983. The minimum Gasteiger partial charge on any atom is -0.348 e. The Morgan fingerprint density at radius 3 is 2.09 bits per heavy atom. The molecule has 180 valence electrons. The summed E-state index contributed by atoms with van der Waals surface area (Å²) in [4.78, 5) is 13.1. The van der Waals surface area contributed by atoms with Gasteiger partial charge in [0.15, 0.2) is 9.84 Å². The van der Waals surface area contributed by atoms with E-state index >= 15 is 0 Å². The first-order valence-corrected chi connectivity index (χ1v) is 14.0. The Morgan fingerprint density at radius 1 is 0.941 bits per heavy atom. The summed E-state index contributed by atoms with van der Waals surface area (Å²) in [5, 5.41) is 3.18. The number of nitrogens with zero attached hydrogens (tertiary/aromatic N) is 1. The van der Waals surface area contributed by atoms with Gasteiger partial charge in [-0.3, -0.25) is 9.10 Å². The molecule has 0 heterocycles. The lowest BCUT2D eigenvalue weighted by atomic mass is 10.1. The lowest BCUT2D eigenvalue weighted by molar-refractivity contribution is -0.120. The van der Waals surface area contributed by atoms with Gasteiger partial charge in [-0.25, -0.2) is 16.8 Å². The van der Waals surface area contributed by atoms with Crippen LogP contribution in [0, 0.1) is 6.92 Å². The topological polar surface area (TPSA) is 101 Å². The molecular formula is C24H25ClN2O5S2. The van der Waals surface area contributed by atoms with Crippen LogP contribution in [0.15, 0.2) is 82.6 Å². The Bertz CT molecular complexity index is 1390. The number of hydrogen-bond acceptors (Lipinski definition) is 5. The zero-order chi connectivity index (χ0) is 25.1. The highest BCUT2D eigenvalue weighted by atomic mass is 35.5. The van der Waals surface area contributed by atoms with Gasteiger partial charge < -0.3 is 5.32 Å². The molecule has 3 aromatic carbocycles. The molecule has 0 aliphatic carbocycles. The quantitative estimate of drug-likeness (QED) is 0.481. The van der Waals surface area contributed by atoms with Gasteiger partial charge in [0.25, 0.3) is 10.0 Å². The van der Waals surface area contributed by atoms with Crippen molar-refractivity contribution < 1.29 is 21.6 Å². The summed E-state index contributed by atoms with van der Waals surface area (Å²) < 4.78 is 51.2. The first kappa shape index (κ1) is 25.7. The molecule has 7 nitrogen and oxygen atoms in total. The second kappa shape index (κ2) is 10.2. The monoisotopic (exact) mass is 520 g/mol. The Morgan fingerprint density at radius 2 is 1.53 bits per heavy atom. The highest BCUT2D eigenvalue weighted by Crippen LogP contribution is 2.26. The summed E-state index contributed by atoms with van der Waals surface area (Å²) in [6.07, 6.45) is 1.12. The summed E-state index contributed by atoms with van der Waals surface area (Å²) in [7, 11) is -7.39. The van der Waals surface area contributed by atoms with E-state index in [0.29, 0.717) is 16.3 Å². The summed E-state index contributed by atoms with van der Waals surface area (Å²) in [5.74, 6) is -0.515. The molecular weight excluding hydrogens is 496 g/mol. The number of aryl methyl sites for hydroxylation is 1. The first-order chi connectivity index (χ1) is 15.9. The fourth-order valence-electron chi connectivity index (χ4n) is 3.34. The van der Waals surface area contributed by atoms with Crippen molar-refractivity contribution in [2.45, 2.75) is 29.7 Å². The average Bonchev–Trinajstić information content (AvgIpc) is 2.77. The van der Waals surface area contributed by atoms with Crippen molar-refractivity contribution in [1.29, 1.82) is 0 Å². The fourth-order valence-corrected chi connectivity index (χ4v) is 5.51. The standard InChI is InChI=1S/C24H25ClN2O5S2/c1-17-5-4-6-21(15-17)27(34(31,32)23-13-9-20(25)10-14-23)16-24(28)26-18(2)19-7-11-22(12-8-19)33(3,29)30/h4-15,18H,16H2,1-3H3,(H,26,28). The van der Waals surface area contributed by atoms with E-state index in [1.165, 1.54) is 36.4 Å². The lowest BCUT2D eigenvalue weighted by Crippen LogP contribution is -2.41. The molecule has 34 heavy (non-hydrogen) atoms. The highest BCUT2D eigenvalue weighted by molar-refractivity contribution is 7.93. The highest BCUT2D eigenvalue weighted by Gasteiger charge is 2.28. The van der Waals surface area contributed by atoms with Crippen LogP contribution < -0.4 is 9.62 Å². The number of nitrogens with one attached hydrogen (secondary N) is 1. The van der Waals surface area contributed by atoms with Crippen LogP contribution in [0.25, 0.3) is 0 Å². The Hall–Kier alpha value is -2.88. The van der Waals surface area contributed by atoms with Crippen LogP contribution in [-0.2, 0) is 24.7 Å². The molecule has 1 atom stereocenters. The predicted molar refractivity (Wildman–Crippen MR) is 133 cm³/mol. The number of carbonyl (C=O) groups excluding carboxylic acids is 1. The fraction of sp³-hybridized carbons (Fsp3) is 0.208. The van der Waals surface area contributed by atoms with E-state index in [-0.39, 0.29) is 9.79 Å². The van der Waals surface area contributed by atoms with Crippen molar-refractivity contribution >= 4 is 43.1 Å². The molecule has 0 aromatic heterocycles. The molecule has 3 aromatic rings. The number of anilines is 1. The van der Waals surface area contributed by atoms with Gasteiger partial charge in [-0.1, -0.05) is 35.9 Å². The minimum atomic E-state index is -4.06. The number of rotatable bonds is 8. The molecule has 1 N–H and O–H groups in total. The molecule has 1 amide bonds. The predicted octanol–water partition coefficient (Wildman–Crippen LogP) is 4.12. The van der Waals surface area contributed by atoms with Gasteiger partial charge in [-0.2, -0.15) is 0 Å². The summed E-state index contributed by atoms with van der Waals surface area (Å²) in [6.45, 7) is 3.12. The van der Waals surface area contributed by atoms with E-state index in [0.717, 1.165) is 16.1 Å². The number of carbonyl (C=O) groups is 1. The van der Waals surface area contributed by atoms with Crippen LogP contribution in [-0.4, -0.2) is 35.5 Å². The van der Waals surface area contributed by atoms with Gasteiger partial charge in [0.1, 0.15) is 6.54 Å². The molecule has 0 aliphatic heterocycles. The summed E-state index contributed by atoms with van der Waals surface area (Å²) in [6, 6.07) is 18.3. The van der Waals surface area contributed by atoms with Crippen LogP contribution in [0.5, 0.6) is 0 Å². The van der Waals surface area contributed by atoms with Gasteiger partial charge >= 0.3 is 0 Å². The van der Waals surface area contributed by atoms with Crippen molar-refractivity contribution in [1.82, 2.24) is 5.32 Å². The van der Waals surface area contributed by atoms with E-state index in [1.807, 2.05) is 13.0 Å². The smallest absolute Gasteiger partial charge is 0.264 e. The van der Waals surface area contributed by atoms with E-state index in [4.69, 9.17) is 11.6 Å². The number of sulfone groups is 1. The van der Waals surface area contributed by atoms with Crippen molar-refractivity contribution in [3.8, 4) is 0 Å². The van der Waals surface area contributed by atoms with Crippen LogP contribution in [0.2, 0.25) is 5.02 Å². The molecule has 0 aliphatic rings. The van der Waals surface area contributed by atoms with E-state index < -0.39 is 38.4 Å². The Kier molecular flexibility index (Phi) is 7.70. The number of benzene rings is 3. The molecule has 0 fully saturated rings. The zero-order valence-corrected chi connectivity index (χ0v) is 21.3. The second-order valence-corrected chi connectivity index (χ2v) is 12.2. The summed E-state index contributed by atoms with van der Waals surface area (Å²) in [5.41, 5.74) is 1.88. The normalized spacial score (nSPS) is 12.7. The van der Waals surface area contributed by atoms with Crippen molar-refractivity contribution in [2.24, 2.45) is 0 Å². The van der Waals surface area contributed by atoms with Gasteiger partial charge in [-0.15, -0.1) is 0 Å². The molecule has 0 radical (unpaired) electrons. The van der Waals surface area contributed by atoms with E-state index in [2.05, 4.69) is 5.32 Å². The number of amides is 1.